The molecule has 2 rings (SSSR count). The second-order valence-electron chi connectivity index (χ2n) is 5.09. The molecule has 0 aliphatic heterocycles. The number of halogens is 1. The molecule has 1 amide bonds. The first kappa shape index (κ1) is 19.0. The maximum atomic E-state index is 12.2. The summed E-state index contributed by atoms with van der Waals surface area (Å²) in [6.07, 6.45) is 0.992. The minimum atomic E-state index is -0.164. The second-order valence-corrected chi connectivity index (χ2v) is 5.09. The van der Waals surface area contributed by atoms with E-state index in [0.717, 1.165) is 24.2 Å². The maximum Gasteiger partial charge on any atom is 0.253 e. The van der Waals surface area contributed by atoms with Gasteiger partial charge in [0.15, 0.2) is 0 Å². The fraction of sp³-hybridized carbons (Fsp3) is 0.278. The van der Waals surface area contributed by atoms with Gasteiger partial charge in [0, 0.05) is 18.8 Å². The van der Waals surface area contributed by atoms with Gasteiger partial charge in [-0.1, -0.05) is 43.3 Å². The number of carbonyl (C=O) groups excluding carboxylic acids is 1. The van der Waals surface area contributed by atoms with E-state index in [9.17, 15) is 4.79 Å². The van der Waals surface area contributed by atoms with Crippen molar-refractivity contribution in [1.82, 2.24) is 5.32 Å². The highest BCUT2D eigenvalue weighted by Gasteiger charge is 2.09. The smallest absolute Gasteiger partial charge is 0.253 e. The summed E-state index contributed by atoms with van der Waals surface area (Å²) in [6.45, 7) is 3.84. The average Bonchev–Trinajstić information content (AvgIpc) is 2.54. The molecule has 0 fully saturated rings. The number of nitrogen functional groups attached to an aromatic ring is 1. The number of anilines is 1. The molecular weight excluding hydrogens is 312 g/mol. The third-order valence-electron chi connectivity index (χ3n) is 3.37. The zero-order valence-electron chi connectivity index (χ0n) is 13.2. The first-order chi connectivity index (χ1) is 10.7. The van der Waals surface area contributed by atoms with Gasteiger partial charge >= 0.3 is 0 Å². The van der Waals surface area contributed by atoms with E-state index in [0.29, 0.717) is 24.4 Å². The third kappa shape index (κ3) is 5.58. The van der Waals surface area contributed by atoms with Gasteiger partial charge in [0.1, 0.15) is 0 Å². The van der Waals surface area contributed by atoms with Crippen molar-refractivity contribution in [3.8, 4) is 0 Å². The van der Waals surface area contributed by atoms with Crippen LogP contribution in [-0.4, -0.2) is 12.5 Å². The van der Waals surface area contributed by atoms with Gasteiger partial charge in [0.05, 0.1) is 12.2 Å². The van der Waals surface area contributed by atoms with Gasteiger partial charge in [-0.05, 0) is 29.7 Å². The fourth-order valence-corrected chi connectivity index (χ4v) is 2.17. The highest BCUT2D eigenvalue weighted by Crippen LogP contribution is 2.13. The molecule has 0 unspecified atom stereocenters. The quantitative estimate of drug-likeness (QED) is 0.601. The van der Waals surface area contributed by atoms with Gasteiger partial charge in [-0.2, -0.15) is 0 Å². The molecule has 0 heterocycles. The highest BCUT2D eigenvalue weighted by molar-refractivity contribution is 5.99. The lowest BCUT2D eigenvalue weighted by Gasteiger charge is -2.12. The van der Waals surface area contributed by atoms with E-state index in [4.69, 9.17) is 10.5 Å². The van der Waals surface area contributed by atoms with E-state index in [2.05, 4.69) is 12.2 Å². The number of amides is 1. The number of para-hydroxylation sites is 1. The summed E-state index contributed by atoms with van der Waals surface area (Å²) in [7, 11) is 0. The average molecular weight is 335 g/mol. The van der Waals surface area contributed by atoms with Crippen LogP contribution in [0.1, 0.15) is 34.8 Å². The maximum absolute atomic E-state index is 12.2. The normalized spacial score (nSPS) is 9.96. The molecule has 0 aromatic heterocycles. The number of ether oxygens (including phenoxy) is 1. The number of benzene rings is 2. The topological polar surface area (TPSA) is 64.3 Å². The van der Waals surface area contributed by atoms with E-state index < -0.39 is 0 Å². The third-order valence-corrected chi connectivity index (χ3v) is 3.37. The van der Waals surface area contributed by atoms with Crippen LogP contribution in [0, 0.1) is 0 Å². The molecule has 124 valence electrons. The molecule has 0 spiro atoms. The summed E-state index contributed by atoms with van der Waals surface area (Å²) in [6, 6.07) is 15.0. The summed E-state index contributed by atoms with van der Waals surface area (Å²) >= 11 is 0. The van der Waals surface area contributed by atoms with Crippen molar-refractivity contribution in [3.05, 3.63) is 65.2 Å². The summed E-state index contributed by atoms with van der Waals surface area (Å²) in [5.41, 5.74) is 8.96. The lowest BCUT2D eigenvalue weighted by Crippen LogP contribution is -2.24. The zero-order chi connectivity index (χ0) is 15.8. The Kier molecular flexibility index (Phi) is 8.16. The monoisotopic (exact) mass is 334 g/mol. The van der Waals surface area contributed by atoms with Crippen LogP contribution in [0.5, 0.6) is 0 Å². The lowest BCUT2D eigenvalue weighted by atomic mass is 10.1. The van der Waals surface area contributed by atoms with Crippen LogP contribution < -0.4 is 11.1 Å². The minimum absolute atomic E-state index is 0. The van der Waals surface area contributed by atoms with E-state index in [1.165, 1.54) is 0 Å². The molecule has 0 aliphatic rings. The Bertz CT molecular complexity index is 632. The Hall–Kier alpha value is -2.04. The van der Waals surface area contributed by atoms with Crippen molar-refractivity contribution in [3.63, 3.8) is 0 Å². The number of nitrogens with two attached hydrogens (primary N) is 1. The molecule has 0 saturated carbocycles. The van der Waals surface area contributed by atoms with Crippen molar-refractivity contribution in [2.24, 2.45) is 0 Å². The Labute approximate surface area is 143 Å². The molecule has 5 heteroatoms. The summed E-state index contributed by atoms with van der Waals surface area (Å²) in [5, 5.41) is 2.91. The van der Waals surface area contributed by atoms with Gasteiger partial charge in [-0.25, -0.2) is 0 Å². The van der Waals surface area contributed by atoms with E-state index >= 15 is 0 Å². The van der Waals surface area contributed by atoms with Crippen molar-refractivity contribution in [2.75, 3.05) is 12.3 Å². The first-order valence-electron chi connectivity index (χ1n) is 7.49. The molecule has 23 heavy (non-hydrogen) atoms. The van der Waals surface area contributed by atoms with E-state index in [1.54, 1.807) is 18.2 Å². The minimum Gasteiger partial charge on any atom is -0.398 e. The highest BCUT2D eigenvalue weighted by atomic mass is 35.5. The van der Waals surface area contributed by atoms with Gasteiger partial charge in [-0.15, -0.1) is 12.4 Å². The van der Waals surface area contributed by atoms with Crippen molar-refractivity contribution in [1.29, 1.82) is 0 Å². The Balaban J connectivity index is 0.00000264. The van der Waals surface area contributed by atoms with Crippen LogP contribution in [0.3, 0.4) is 0 Å². The summed E-state index contributed by atoms with van der Waals surface area (Å²) < 4.78 is 5.59. The number of hydrogen-bond donors (Lipinski definition) is 2. The van der Waals surface area contributed by atoms with Crippen LogP contribution >= 0.6 is 12.4 Å². The molecule has 4 nitrogen and oxygen atoms in total. The van der Waals surface area contributed by atoms with Gasteiger partial charge in [-0.3, -0.25) is 4.79 Å². The van der Waals surface area contributed by atoms with Crippen molar-refractivity contribution >= 4 is 24.0 Å². The van der Waals surface area contributed by atoms with E-state index in [-0.39, 0.29) is 18.3 Å². The zero-order valence-corrected chi connectivity index (χ0v) is 14.1. The lowest BCUT2D eigenvalue weighted by molar-refractivity contribution is 0.0950. The SMILES string of the molecule is CCCOCc1ccccc1CNC(=O)c1ccccc1N.Cl. The van der Waals surface area contributed by atoms with Crippen molar-refractivity contribution < 1.29 is 9.53 Å². The Morgan fingerprint density at radius 3 is 2.43 bits per heavy atom. The molecule has 0 saturated heterocycles. The van der Waals surface area contributed by atoms with Crippen molar-refractivity contribution in [2.45, 2.75) is 26.5 Å². The Morgan fingerprint density at radius 2 is 1.74 bits per heavy atom. The molecule has 3 N–H and O–H groups in total. The number of rotatable bonds is 7. The van der Waals surface area contributed by atoms with Gasteiger partial charge in [0.25, 0.3) is 5.91 Å². The Morgan fingerprint density at radius 1 is 1.09 bits per heavy atom. The van der Waals surface area contributed by atoms with Crippen LogP contribution in [0.15, 0.2) is 48.5 Å². The van der Waals surface area contributed by atoms with Crippen LogP contribution in [0.25, 0.3) is 0 Å². The van der Waals surface area contributed by atoms with Crippen LogP contribution in [0.2, 0.25) is 0 Å². The van der Waals surface area contributed by atoms with Gasteiger partial charge < -0.3 is 15.8 Å². The van der Waals surface area contributed by atoms with Crippen LogP contribution in [0.4, 0.5) is 5.69 Å². The van der Waals surface area contributed by atoms with Gasteiger partial charge in [0.2, 0.25) is 0 Å². The summed E-state index contributed by atoms with van der Waals surface area (Å²) in [5.74, 6) is -0.164. The molecule has 0 atom stereocenters. The second kappa shape index (κ2) is 9.87. The standard InChI is InChI=1S/C18H22N2O2.ClH/c1-2-11-22-13-15-8-4-3-7-14(15)12-20-18(21)16-9-5-6-10-17(16)19;/h3-10H,2,11-13,19H2,1H3,(H,20,21);1H. The molecule has 0 aliphatic carbocycles. The number of nitrogens with one attached hydrogen (secondary N) is 1. The number of hydrogen-bond acceptors (Lipinski definition) is 3. The molecule has 0 bridgehead atoms. The predicted molar refractivity (Wildman–Crippen MR) is 95.7 cm³/mol. The first-order valence-corrected chi connectivity index (χ1v) is 7.49. The van der Waals surface area contributed by atoms with E-state index in [1.807, 2.05) is 30.3 Å². The molecular formula is C18H23ClN2O2. The molecule has 0 radical (unpaired) electrons. The largest absolute Gasteiger partial charge is 0.398 e. The summed E-state index contributed by atoms with van der Waals surface area (Å²) in [4.78, 5) is 12.2. The number of carbonyl (C=O) groups is 1. The fourth-order valence-electron chi connectivity index (χ4n) is 2.17. The van der Waals surface area contributed by atoms with Crippen LogP contribution in [-0.2, 0) is 17.9 Å². The predicted octanol–water partition coefficient (Wildman–Crippen LogP) is 3.55. The molecule has 2 aromatic carbocycles. The molecule has 2 aromatic rings.